The fourth-order valence-electron chi connectivity index (χ4n) is 2.59. The molecule has 0 fully saturated rings. The number of halogens is 1. The van der Waals surface area contributed by atoms with E-state index >= 15 is 0 Å². The summed E-state index contributed by atoms with van der Waals surface area (Å²) in [5.74, 6) is -0.0450. The van der Waals surface area contributed by atoms with Crippen LogP contribution in [0.15, 0.2) is 41.8 Å². The fraction of sp³-hybridized carbons (Fsp3) is 0.222. The van der Waals surface area contributed by atoms with E-state index in [4.69, 9.17) is 11.6 Å². The van der Waals surface area contributed by atoms with Gasteiger partial charge in [-0.3, -0.25) is 4.79 Å². The van der Waals surface area contributed by atoms with E-state index in [0.29, 0.717) is 23.8 Å². The van der Waals surface area contributed by atoms with Crippen molar-refractivity contribution >= 4 is 38.9 Å². The minimum atomic E-state index is -0.0450. The molecule has 2 aromatic heterocycles. The quantitative estimate of drug-likeness (QED) is 0.659. The van der Waals surface area contributed by atoms with E-state index in [1.54, 1.807) is 16.2 Å². The molecular formula is C18H17ClN2OS. The number of rotatable bonds is 4. The summed E-state index contributed by atoms with van der Waals surface area (Å²) in [5, 5.41) is 3.68. The first-order chi connectivity index (χ1) is 11.2. The van der Waals surface area contributed by atoms with E-state index in [2.05, 4.69) is 4.98 Å². The van der Waals surface area contributed by atoms with Crippen LogP contribution in [0.1, 0.15) is 24.3 Å². The summed E-state index contributed by atoms with van der Waals surface area (Å²) in [6, 6.07) is 11.5. The minimum absolute atomic E-state index is 0.0450. The monoisotopic (exact) mass is 344 g/mol. The Hall–Kier alpha value is -1.91. The third-order valence-electron chi connectivity index (χ3n) is 3.83. The Morgan fingerprint density at radius 2 is 1.96 bits per heavy atom. The Bertz CT molecular complexity index is 855. The Labute approximate surface area is 144 Å². The molecule has 3 nitrogen and oxygen atoms in total. The van der Waals surface area contributed by atoms with Gasteiger partial charge in [-0.1, -0.05) is 29.8 Å². The Kier molecular flexibility index (Phi) is 4.64. The number of thiophene rings is 1. The van der Waals surface area contributed by atoms with Gasteiger partial charge in [0.15, 0.2) is 0 Å². The Morgan fingerprint density at radius 1 is 1.22 bits per heavy atom. The van der Waals surface area contributed by atoms with Crippen LogP contribution in [0.4, 0.5) is 0 Å². The Balaban J connectivity index is 2.20. The maximum atomic E-state index is 12.7. The lowest BCUT2D eigenvalue weighted by atomic mass is 10.1. The van der Waals surface area contributed by atoms with Gasteiger partial charge in [-0.2, -0.15) is 0 Å². The van der Waals surface area contributed by atoms with Crippen LogP contribution >= 0.6 is 22.9 Å². The molecule has 0 radical (unpaired) electrons. The smallest absolute Gasteiger partial charge is 0.272 e. The zero-order valence-electron chi connectivity index (χ0n) is 13.0. The maximum Gasteiger partial charge on any atom is 0.272 e. The van der Waals surface area contributed by atoms with Crippen molar-refractivity contribution in [2.75, 3.05) is 13.1 Å². The van der Waals surface area contributed by atoms with Gasteiger partial charge < -0.3 is 4.90 Å². The molecule has 0 atom stereocenters. The van der Waals surface area contributed by atoms with E-state index < -0.39 is 0 Å². The first-order valence-electron chi connectivity index (χ1n) is 7.58. The molecule has 0 aliphatic heterocycles. The number of carbonyl (C=O) groups is 1. The second kappa shape index (κ2) is 6.69. The molecule has 0 bridgehead atoms. The number of benzene rings is 1. The number of pyridine rings is 1. The Morgan fingerprint density at radius 3 is 2.65 bits per heavy atom. The average molecular weight is 345 g/mol. The number of nitrogens with zero attached hydrogens (tertiary/aromatic N) is 2. The summed E-state index contributed by atoms with van der Waals surface area (Å²) in [6.45, 7) is 5.28. The zero-order chi connectivity index (χ0) is 16.4. The average Bonchev–Trinajstić information content (AvgIpc) is 3.04. The molecule has 0 aliphatic rings. The molecule has 0 saturated heterocycles. The van der Waals surface area contributed by atoms with E-state index in [1.165, 1.54) is 0 Å². The van der Waals surface area contributed by atoms with Crippen molar-refractivity contribution in [3.63, 3.8) is 0 Å². The van der Waals surface area contributed by atoms with Gasteiger partial charge in [0.2, 0.25) is 0 Å². The first-order valence-corrected chi connectivity index (χ1v) is 8.83. The highest BCUT2D eigenvalue weighted by molar-refractivity contribution is 7.17. The number of amides is 1. The molecule has 1 aromatic carbocycles. The molecule has 0 unspecified atom stereocenters. The highest BCUT2D eigenvalue weighted by atomic mass is 35.5. The van der Waals surface area contributed by atoms with Crippen LogP contribution < -0.4 is 0 Å². The second-order valence-electron chi connectivity index (χ2n) is 5.15. The van der Waals surface area contributed by atoms with Gasteiger partial charge in [-0.25, -0.2) is 4.98 Å². The third-order valence-corrected chi connectivity index (χ3v) is 5.10. The summed E-state index contributed by atoms with van der Waals surface area (Å²) in [7, 11) is 0. The largest absolute Gasteiger partial charge is 0.338 e. The highest BCUT2D eigenvalue weighted by Crippen LogP contribution is 2.35. The maximum absolute atomic E-state index is 12.7. The molecule has 3 aromatic rings. The van der Waals surface area contributed by atoms with Crippen LogP contribution in [0.2, 0.25) is 5.02 Å². The zero-order valence-corrected chi connectivity index (χ0v) is 14.6. The summed E-state index contributed by atoms with van der Waals surface area (Å²) in [4.78, 5) is 19.1. The standard InChI is InChI=1S/C18H17ClN2OS/c1-3-21(4-2)18(22)15-11-12-9-10-23-17(12)16(20-15)13-7-5-6-8-14(13)19/h5-11H,3-4H2,1-2H3. The predicted octanol–water partition coefficient (Wildman–Crippen LogP) is 5.10. The van der Waals surface area contributed by atoms with Gasteiger partial charge in [-0.05, 0) is 42.8 Å². The van der Waals surface area contributed by atoms with Crippen molar-refractivity contribution < 1.29 is 4.79 Å². The second-order valence-corrected chi connectivity index (χ2v) is 6.48. The molecule has 0 spiro atoms. The molecule has 3 rings (SSSR count). The molecule has 118 valence electrons. The number of fused-ring (bicyclic) bond motifs is 1. The normalized spacial score (nSPS) is 10.9. The number of carbonyl (C=O) groups excluding carboxylic acids is 1. The first kappa shape index (κ1) is 16.0. The topological polar surface area (TPSA) is 33.2 Å². The summed E-state index contributed by atoms with van der Waals surface area (Å²) < 4.78 is 1.05. The minimum Gasteiger partial charge on any atom is -0.338 e. The molecule has 23 heavy (non-hydrogen) atoms. The number of hydrogen-bond acceptors (Lipinski definition) is 3. The molecule has 5 heteroatoms. The molecule has 0 aliphatic carbocycles. The van der Waals surface area contributed by atoms with Gasteiger partial charge in [0.1, 0.15) is 5.69 Å². The summed E-state index contributed by atoms with van der Waals surface area (Å²) in [5.41, 5.74) is 2.10. The van der Waals surface area contributed by atoms with Gasteiger partial charge in [0.25, 0.3) is 5.91 Å². The van der Waals surface area contributed by atoms with Crippen molar-refractivity contribution in [1.29, 1.82) is 0 Å². The van der Waals surface area contributed by atoms with Gasteiger partial charge in [-0.15, -0.1) is 11.3 Å². The van der Waals surface area contributed by atoms with Crippen molar-refractivity contribution in [1.82, 2.24) is 9.88 Å². The van der Waals surface area contributed by atoms with Crippen LogP contribution in [-0.2, 0) is 0 Å². The van der Waals surface area contributed by atoms with Gasteiger partial charge >= 0.3 is 0 Å². The SMILES string of the molecule is CCN(CC)C(=O)c1cc2ccsc2c(-c2ccccc2Cl)n1. The third kappa shape index (κ3) is 2.96. The summed E-state index contributed by atoms with van der Waals surface area (Å²) in [6.07, 6.45) is 0. The molecule has 0 N–H and O–H groups in total. The molecule has 0 saturated carbocycles. The van der Waals surface area contributed by atoms with E-state index in [1.807, 2.05) is 55.6 Å². The number of hydrogen-bond donors (Lipinski definition) is 0. The number of aromatic nitrogens is 1. The van der Waals surface area contributed by atoms with Gasteiger partial charge in [0, 0.05) is 18.7 Å². The van der Waals surface area contributed by atoms with Gasteiger partial charge in [0.05, 0.1) is 15.4 Å². The highest BCUT2D eigenvalue weighted by Gasteiger charge is 2.18. The van der Waals surface area contributed by atoms with E-state index in [9.17, 15) is 4.79 Å². The lowest BCUT2D eigenvalue weighted by Gasteiger charge is -2.18. The lowest BCUT2D eigenvalue weighted by molar-refractivity contribution is 0.0767. The van der Waals surface area contributed by atoms with Crippen molar-refractivity contribution in [3.05, 3.63) is 52.5 Å². The lowest BCUT2D eigenvalue weighted by Crippen LogP contribution is -2.31. The van der Waals surface area contributed by atoms with Crippen molar-refractivity contribution in [2.45, 2.75) is 13.8 Å². The van der Waals surface area contributed by atoms with Crippen LogP contribution in [0.25, 0.3) is 21.3 Å². The molecule has 2 heterocycles. The van der Waals surface area contributed by atoms with Crippen LogP contribution in [0.3, 0.4) is 0 Å². The van der Waals surface area contributed by atoms with Crippen molar-refractivity contribution in [2.24, 2.45) is 0 Å². The van der Waals surface area contributed by atoms with Crippen LogP contribution in [-0.4, -0.2) is 28.9 Å². The molecular weight excluding hydrogens is 328 g/mol. The summed E-state index contributed by atoms with van der Waals surface area (Å²) >= 11 is 7.96. The van der Waals surface area contributed by atoms with Crippen LogP contribution in [0, 0.1) is 0 Å². The fourth-order valence-corrected chi connectivity index (χ4v) is 3.70. The molecule has 1 amide bonds. The van der Waals surface area contributed by atoms with Crippen molar-refractivity contribution in [3.8, 4) is 11.3 Å². The van der Waals surface area contributed by atoms with Crippen LogP contribution in [0.5, 0.6) is 0 Å². The van der Waals surface area contributed by atoms with E-state index in [0.717, 1.165) is 21.3 Å². The predicted molar refractivity (Wildman–Crippen MR) is 97.3 cm³/mol. The van der Waals surface area contributed by atoms with E-state index in [-0.39, 0.29) is 5.91 Å².